The number of carboxylic acids is 1. The number of aromatic carboxylic acids is 1. The molecule has 2 aromatic rings. The van der Waals surface area contributed by atoms with E-state index in [2.05, 4.69) is 10.3 Å². The number of carboxylic acid groups (broad SMARTS) is 1. The van der Waals surface area contributed by atoms with Crippen LogP contribution in [-0.2, 0) is 6.54 Å². The quantitative estimate of drug-likeness (QED) is 0.621. The van der Waals surface area contributed by atoms with Crippen LogP contribution in [0.5, 0.6) is 0 Å². The number of imidazole rings is 1. The standard InChI is InChI=1S/C13H14N4O4/c1-9(7-16-5-4-14-8-16)15-11-3-2-10(13(18)19)6-12(11)17(20)21/h2-6,8-9,15H,7H2,1H3,(H,18,19). The van der Waals surface area contributed by atoms with Crippen molar-refractivity contribution in [3.63, 3.8) is 0 Å². The van der Waals surface area contributed by atoms with Crippen molar-refractivity contribution in [2.75, 3.05) is 5.32 Å². The molecule has 8 nitrogen and oxygen atoms in total. The third-order valence-corrected chi connectivity index (χ3v) is 2.89. The zero-order valence-corrected chi connectivity index (χ0v) is 11.3. The van der Waals surface area contributed by atoms with Crippen molar-refractivity contribution in [2.24, 2.45) is 0 Å². The predicted molar refractivity (Wildman–Crippen MR) is 75.4 cm³/mol. The van der Waals surface area contributed by atoms with Crippen molar-refractivity contribution in [2.45, 2.75) is 19.5 Å². The van der Waals surface area contributed by atoms with Gasteiger partial charge in [0.25, 0.3) is 5.69 Å². The molecule has 110 valence electrons. The number of nitro groups is 1. The highest BCUT2D eigenvalue weighted by Gasteiger charge is 2.18. The summed E-state index contributed by atoms with van der Waals surface area (Å²) in [5.74, 6) is -1.20. The summed E-state index contributed by atoms with van der Waals surface area (Å²) >= 11 is 0. The summed E-state index contributed by atoms with van der Waals surface area (Å²) in [4.78, 5) is 25.2. The molecule has 1 atom stereocenters. The van der Waals surface area contributed by atoms with Gasteiger partial charge in [0.1, 0.15) is 5.69 Å². The lowest BCUT2D eigenvalue weighted by molar-refractivity contribution is -0.384. The summed E-state index contributed by atoms with van der Waals surface area (Å²) in [6.45, 7) is 2.45. The molecule has 0 aliphatic carbocycles. The van der Waals surface area contributed by atoms with Crippen LogP contribution < -0.4 is 5.32 Å². The average molecular weight is 290 g/mol. The van der Waals surface area contributed by atoms with Gasteiger partial charge in [-0.05, 0) is 19.1 Å². The monoisotopic (exact) mass is 290 g/mol. The average Bonchev–Trinajstić information content (AvgIpc) is 2.91. The van der Waals surface area contributed by atoms with Gasteiger partial charge in [-0.25, -0.2) is 9.78 Å². The SMILES string of the molecule is CC(Cn1ccnc1)Nc1ccc(C(=O)O)cc1[N+](=O)[O-]. The number of nitro benzene ring substituents is 1. The van der Waals surface area contributed by atoms with Gasteiger partial charge >= 0.3 is 5.97 Å². The minimum atomic E-state index is -1.20. The Kier molecular flexibility index (Phi) is 4.17. The third kappa shape index (κ3) is 3.56. The Morgan fingerprint density at radius 3 is 2.90 bits per heavy atom. The Labute approximate surface area is 120 Å². The Balaban J connectivity index is 2.18. The van der Waals surface area contributed by atoms with Gasteiger partial charge in [-0.15, -0.1) is 0 Å². The van der Waals surface area contributed by atoms with Crippen LogP contribution in [-0.4, -0.2) is 31.6 Å². The molecule has 1 unspecified atom stereocenters. The fourth-order valence-corrected chi connectivity index (χ4v) is 1.96. The van der Waals surface area contributed by atoms with Gasteiger partial charge in [0.2, 0.25) is 0 Å². The summed E-state index contributed by atoms with van der Waals surface area (Å²) in [6.07, 6.45) is 5.09. The van der Waals surface area contributed by atoms with E-state index in [4.69, 9.17) is 5.11 Å². The molecule has 1 aromatic heterocycles. The lowest BCUT2D eigenvalue weighted by Gasteiger charge is -2.16. The zero-order valence-electron chi connectivity index (χ0n) is 11.3. The number of rotatable bonds is 6. The molecule has 0 saturated heterocycles. The van der Waals surface area contributed by atoms with E-state index in [-0.39, 0.29) is 23.0 Å². The van der Waals surface area contributed by atoms with Gasteiger partial charge in [0.05, 0.1) is 16.8 Å². The molecule has 2 N–H and O–H groups in total. The first-order valence-corrected chi connectivity index (χ1v) is 6.21. The molecule has 0 spiro atoms. The number of hydrogen-bond acceptors (Lipinski definition) is 5. The van der Waals surface area contributed by atoms with Crippen molar-refractivity contribution in [1.82, 2.24) is 9.55 Å². The number of aromatic nitrogens is 2. The van der Waals surface area contributed by atoms with E-state index in [9.17, 15) is 14.9 Å². The molecule has 0 bridgehead atoms. The first kappa shape index (κ1) is 14.5. The maximum Gasteiger partial charge on any atom is 0.335 e. The van der Waals surface area contributed by atoms with Crippen molar-refractivity contribution in [1.29, 1.82) is 0 Å². The Hall–Kier alpha value is -2.90. The molecule has 21 heavy (non-hydrogen) atoms. The maximum absolute atomic E-state index is 11.1. The predicted octanol–water partition coefficient (Wildman–Crippen LogP) is 1.99. The van der Waals surface area contributed by atoms with Crippen LogP contribution in [0.2, 0.25) is 0 Å². The highest BCUT2D eigenvalue weighted by molar-refractivity contribution is 5.89. The molecule has 0 aliphatic rings. The van der Waals surface area contributed by atoms with Gasteiger partial charge in [0, 0.05) is 31.0 Å². The van der Waals surface area contributed by atoms with Gasteiger partial charge in [-0.3, -0.25) is 10.1 Å². The summed E-state index contributed by atoms with van der Waals surface area (Å²) in [5, 5.41) is 22.9. The van der Waals surface area contributed by atoms with E-state index in [1.165, 1.54) is 12.1 Å². The molecule has 0 radical (unpaired) electrons. The van der Waals surface area contributed by atoms with E-state index < -0.39 is 10.9 Å². The minimum absolute atomic E-state index is 0.0893. The topological polar surface area (TPSA) is 110 Å². The Morgan fingerprint density at radius 2 is 2.33 bits per heavy atom. The van der Waals surface area contributed by atoms with E-state index in [1.807, 2.05) is 11.5 Å². The lowest BCUT2D eigenvalue weighted by Crippen LogP contribution is -2.22. The second-order valence-electron chi connectivity index (χ2n) is 4.60. The molecule has 1 aromatic carbocycles. The van der Waals surface area contributed by atoms with Gasteiger partial charge < -0.3 is 15.0 Å². The van der Waals surface area contributed by atoms with Crippen LogP contribution in [0.25, 0.3) is 0 Å². The fourth-order valence-electron chi connectivity index (χ4n) is 1.96. The second kappa shape index (κ2) is 6.04. The van der Waals surface area contributed by atoms with E-state index in [0.29, 0.717) is 6.54 Å². The molecule has 1 heterocycles. The largest absolute Gasteiger partial charge is 0.478 e. The van der Waals surface area contributed by atoms with Crippen LogP contribution in [0.3, 0.4) is 0 Å². The highest BCUT2D eigenvalue weighted by Crippen LogP contribution is 2.26. The minimum Gasteiger partial charge on any atom is -0.478 e. The smallest absolute Gasteiger partial charge is 0.335 e. The van der Waals surface area contributed by atoms with Crippen LogP contribution >= 0.6 is 0 Å². The zero-order chi connectivity index (χ0) is 15.4. The van der Waals surface area contributed by atoms with Gasteiger partial charge in [-0.1, -0.05) is 0 Å². The number of hydrogen-bond donors (Lipinski definition) is 2. The Bertz CT molecular complexity index is 654. The first-order valence-electron chi connectivity index (χ1n) is 6.21. The van der Waals surface area contributed by atoms with Gasteiger partial charge in [0.15, 0.2) is 0 Å². The fraction of sp³-hybridized carbons (Fsp3) is 0.231. The van der Waals surface area contributed by atoms with E-state index in [0.717, 1.165) is 6.07 Å². The number of benzene rings is 1. The lowest BCUT2D eigenvalue weighted by atomic mass is 10.1. The van der Waals surface area contributed by atoms with Crippen LogP contribution in [0.1, 0.15) is 17.3 Å². The van der Waals surface area contributed by atoms with Crippen LogP contribution in [0.4, 0.5) is 11.4 Å². The van der Waals surface area contributed by atoms with Crippen molar-refractivity contribution < 1.29 is 14.8 Å². The summed E-state index contributed by atoms with van der Waals surface area (Å²) in [6, 6.07) is 3.70. The summed E-state index contributed by atoms with van der Waals surface area (Å²) in [5.41, 5.74) is -0.0838. The number of anilines is 1. The van der Waals surface area contributed by atoms with Crippen LogP contribution in [0.15, 0.2) is 36.9 Å². The van der Waals surface area contributed by atoms with Crippen molar-refractivity contribution in [3.05, 3.63) is 52.6 Å². The molecule has 0 fully saturated rings. The molecule has 0 saturated carbocycles. The number of carbonyl (C=O) groups is 1. The molecule has 0 aliphatic heterocycles. The molecular weight excluding hydrogens is 276 g/mol. The highest BCUT2D eigenvalue weighted by atomic mass is 16.6. The normalized spacial score (nSPS) is 11.9. The van der Waals surface area contributed by atoms with Gasteiger partial charge in [-0.2, -0.15) is 0 Å². The number of nitrogens with one attached hydrogen (secondary N) is 1. The molecular formula is C13H14N4O4. The summed E-state index contributed by atoms with van der Waals surface area (Å²) < 4.78 is 1.84. The van der Waals surface area contributed by atoms with E-state index >= 15 is 0 Å². The Morgan fingerprint density at radius 1 is 1.57 bits per heavy atom. The molecule has 2 rings (SSSR count). The summed E-state index contributed by atoms with van der Waals surface area (Å²) in [7, 11) is 0. The number of nitrogens with zero attached hydrogens (tertiary/aromatic N) is 3. The third-order valence-electron chi connectivity index (χ3n) is 2.89. The first-order chi connectivity index (χ1) is 9.97. The molecule has 0 amide bonds. The van der Waals surface area contributed by atoms with Crippen molar-refractivity contribution in [3.8, 4) is 0 Å². The van der Waals surface area contributed by atoms with E-state index in [1.54, 1.807) is 18.7 Å². The second-order valence-corrected chi connectivity index (χ2v) is 4.60. The maximum atomic E-state index is 11.1. The van der Waals surface area contributed by atoms with Crippen LogP contribution in [0, 0.1) is 10.1 Å². The van der Waals surface area contributed by atoms with Crippen molar-refractivity contribution >= 4 is 17.3 Å². The molecule has 8 heteroatoms.